The molecule has 22 heavy (non-hydrogen) atoms. The van der Waals surface area contributed by atoms with Crippen LogP contribution in [0.4, 0.5) is 0 Å². The Morgan fingerprint density at radius 1 is 1.27 bits per heavy atom. The summed E-state index contributed by atoms with van der Waals surface area (Å²) < 4.78 is 16.8. The number of imidazole rings is 1. The first-order chi connectivity index (χ1) is 10.7. The minimum Gasteiger partial charge on any atom is -0.434 e. The number of carbonyl (C=O) groups is 1. The van der Waals surface area contributed by atoms with Gasteiger partial charge in [-0.3, -0.25) is 0 Å². The number of nitrogens with zero attached hydrogens (tertiary/aromatic N) is 2. The fourth-order valence-electron chi connectivity index (χ4n) is 2.03. The van der Waals surface area contributed by atoms with Crippen LogP contribution in [0, 0.1) is 0 Å². The van der Waals surface area contributed by atoms with E-state index in [2.05, 4.69) is 4.98 Å². The molecule has 0 bridgehead atoms. The van der Waals surface area contributed by atoms with Crippen LogP contribution in [-0.2, 0) is 14.2 Å². The zero-order valence-corrected chi connectivity index (χ0v) is 12.8. The lowest BCUT2D eigenvalue weighted by atomic mass is 10.1. The third-order valence-electron chi connectivity index (χ3n) is 3.28. The molecule has 0 aliphatic carbocycles. The summed E-state index contributed by atoms with van der Waals surface area (Å²) in [6.45, 7) is 2.74. The smallest absolute Gasteiger partial charge is 0.358 e. The molecular weight excluding hydrogens is 284 g/mol. The van der Waals surface area contributed by atoms with E-state index >= 15 is 0 Å². The molecule has 0 saturated heterocycles. The van der Waals surface area contributed by atoms with Crippen molar-refractivity contribution in [2.45, 2.75) is 13.0 Å². The van der Waals surface area contributed by atoms with E-state index < -0.39 is 5.97 Å². The van der Waals surface area contributed by atoms with Crippen molar-refractivity contribution in [1.82, 2.24) is 9.55 Å². The highest BCUT2D eigenvalue weighted by molar-refractivity contribution is 5.87. The van der Waals surface area contributed by atoms with Crippen LogP contribution in [0.15, 0.2) is 42.9 Å². The monoisotopic (exact) mass is 304 g/mol. The van der Waals surface area contributed by atoms with Gasteiger partial charge in [0.1, 0.15) is 5.69 Å². The van der Waals surface area contributed by atoms with E-state index in [1.165, 1.54) is 6.20 Å². The van der Waals surface area contributed by atoms with Gasteiger partial charge in [-0.2, -0.15) is 0 Å². The van der Waals surface area contributed by atoms with Crippen LogP contribution in [0.25, 0.3) is 0 Å². The molecule has 6 nitrogen and oxygen atoms in total. The predicted molar refractivity (Wildman–Crippen MR) is 80.6 cm³/mol. The highest BCUT2D eigenvalue weighted by Crippen LogP contribution is 2.19. The molecule has 1 heterocycles. The normalized spacial score (nSPS) is 12.1. The Balaban J connectivity index is 1.98. The molecule has 0 aliphatic heterocycles. The van der Waals surface area contributed by atoms with E-state index in [-0.39, 0.29) is 12.8 Å². The summed E-state index contributed by atoms with van der Waals surface area (Å²) in [5.74, 6) is -0.460. The quantitative estimate of drug-likeness (QED) is 0.425. The Hall–Kier alpha value is -2.18. The molecule has 0 radical (unpaired) electrons. The van der Waals surface area contributed by atoms with Crippen LogP contribution in [-0.4, -0.2) is 42.6 Å². The molecule has 1 aromatic heterocycles. The van der Waals surface area contributed by atoms with Crippen molar-refractivity contribution < 1.29 is 19.0 Å². The van der Waals surface area contributed by atoms with Gasteiger partial charge < -0.3 is 18.8 Å². The number of methoxy groups -OCH3 is 1. The Kier molecular flexibility index (Phi) is 6.12. The summed E-state index contributed by atoms with van der Waals surface area (Å²) in [5, 5.41) is 0. The van der Waals surface area contributed by atoms with Crippen LogP contribution in [0.5, 0.6) is 0 Å². The van der Waals surface area contributed by atoms with Gasteiger partial charge in [-0.1, -0.05) is 30.3 Å². The highest BCUT2D eigenvalue weighted by Gasteiger charge is 2.18. The number of ether oxygens (including phenoxy) is 3. The molecule has 0 amide bonds. The summed E-state index contributed by atoms with van der Waals surface area (Å²) in [7, 11) is 1.58. The molecule has 118 valence electrons. The van der Waals surface area contributed by atoms with Crippen molar-refractivity contribution in [2.75, 3.05) is 27.1 Å². The van der Waals surface area contributed by atoms with Crippen molar-refractivity contribution in [3.05, 3.63) is 54.1 Å². The maximum Gasteiger partial charge on any atom is 0.358 e. The topological polar surface area (TPSA) is 62.6 Å². The summed E-state index contributed by atoms with van der Waals surface area (Å²) in [5.41, 5.74) is 1.48. The molecule has 6 heteroatoms. The van der Waals surface area contributed by atoms with Gasteiger partial charge in [0.2, 0.25) is 0 Å². The minimum absolute atomic E-state index is 0.0133. The molecular formula is C16H20N2O4. The molecule has 2 aromatic rings. The average molecular weight is 304 g/mol. The fraction of sp³-hybridized carbons (Fsp3) is 0.375. The minimum atomic E-state index is -0.460. The van der Waals surface area contributed by atoms with E-state index in [4.69, 9.17) is 14.2 Å². The Labute approximate surface area is 129 Å². The number of hydrogen-bond acceptors (Lipinski definition) is 5. The average Bonchev–Trinajstić information content (AvgIpc) is 3.04. The molecule has 0 N–H and O–H groups in total. The zero-order valence-electron chi connectivity index (χ0n) is 12.8. The summed E-state index contributed by atoms with van der Waals surface area (Å²) in [4.78, 5) is 16.1. The molecule has 1 atom stereocenters. The fourth-order valence-corrected chi connectivity index (χ4v) is 2.03. The maximum absolute atomic E-state index is 12.1. The van der Waals surface area contributed by atoms with Gasteiger partial charge in [0.05, 0.1) is 31.8 Å². The van der Waals surface area contributed by atoms with E-state index in [9.17, 15) is 4.79 Å². The Morgan fingerprint density at radius 3 is 2.77 bits per heavy atom. The number of hydrogen-bond donors (Lipinski definition) is 0. The van der Waals surface area contributed by atoms with Crippen LogP contribution >= 0.6 is 0 Å². The Bertz CT molecular complexity index is 583. The standard InChI is InChI=1S/C16H20N2O4/c1-13(14-6-4-3-5-7-14)18-11-17-10-15(18)16(19)22-12-21-9-8-20-2/h3-7,10-11,13H,8-9,12H2,1-2H3/t13-/m1/s1. The third-order valence-corrected chi connectivity index (χ3v) is 3.28. The summed E-state index contributed by atoms with van der Waals surface area (Å²) in [6, 6.07) is 9.88. The van der Waals surface area contributed by atoms with Crippen molar-refractivity contribution in [3.8, 4) is 0 Å². The molecule has 0 unspecified atom stereocenters. The van der Waals surface area contributed by atoms with Crippen LogP contribution in [0.2, 0.25) is 0 Å². The van der Waals surface area contributed by atoms with Gasteiger partial charge in [0.15, 0.2) is 6.79 Å². The second kappa shape index (κ2) is 8.31. The van der Waals surface area contributed by atoms with Crippen molar-refractivity contribution in [2.24, 2.45) is 0 Å². The second-order valence-corrected chi connectivity index (χ2v) is 4.72. The highest BCUT2D eigenvalue weighted by atomic mass is 16.7. The predicted octanol–water partition coefficient (Wildman–Crippen LogP) is 2.27. The van der Waals surface area contributed by atoms with E-state index in [1.807, 2.05) is 37.3 Å². The number of rotatable bonds is 8. The maximum atomic E-state index is 12.1. The van der Waals surface area contributed by atoms with Gasteiger partial charge in [0.25, 0.3) is 0 Å². The van der Waals surface area contributed by atoms with E-state index in [1.54, 1.807) is 18.0 Å². The third kappa shape index (κ3) is 4.16. The first-order valence-corrected chi connectivity index (χ1v) is 7.04. The lowest BCUT2D eigenvalue weighted by molar-refractivity contribution is -0.0442. The van der Waals surface area contributed by atoms with E-state index in [0.29, 0.717) is 18.9 Å². The molecule has 2 rings (SSSR count). The summed E-state index contributed by atoms with van der Waals surface area (Å²) >= 11 is 0. The second-order valence-electron chi connectivity index (χ2n) is 4.72. The van der Waals surface area contributed by atoms with E-state index in [0.717, 1.165) is 5.56 Å². The van der Waals surface area contributed by atoms with Gasteiger partial charge in [-0.05, 0) is 12.5 Å². The zero-order chi connectivity index (χ0) is 15.8. The van der Waals surface area contributed by atoms with Gasteiger partial charge in [-0.25, -0.2) is 9.78 Å². The van der Waals surface area contributed by atoms with Crippen molar-refractivity contribution in [1.29, 1.82) is 0 Å². The van der Waals surface area contributed by atoms with Gasteiger partial charge in [-0.15, -0.1) is 0 Å². The molecule has 0 fully saturated rings. The number of benzene rings is 1. The van der Waals surface area contributed by atoms with Crippen LogP contribution in [0.1, 0.15) is 29.0 Å². The largest absolute Gasteiger partial charge is 0.434 e. The van der Waals surface area contributed by atoms with Crippen LogP contribution in [0.3, 0.4) is 0 Å². The first kappa shape index (κ1) is 16.2. The SMILES string of the molecule is COCCOCOC(=O)c1cncn1[C@H](C)c1ccccc1. The van der Waals surface area contributed by atoms with Crippen molar-refractivity contribution in [3.63, 3.8) is 0 Å². The van der Waals surface area contributed by atoms with Crippen molar-refractivity contribution >= 4 is 5.97 Å². The van der Waals surface area contributed by atoms with Crippen LogP contribution < -0.4 is 0 Å². The first-order valence-electron chi connectivity index (χ1n) is 7.04. The Morgan fingerprint density at radius 2 is 2.05 bits per heavy atom. The lowest BCUT2D eigenvalue weighted by Crippen LogP contribution is -2.17. The molecule has 1 aromatic carbocycles. The number of aromatic nitrogens is 2. The number of carbonyl (C=O) groups excluding carboxylic acids is 1. The van der Waals surface area contributed by atoms with Gasteiger partial charge in [0, 0.05) is 7.11 Å². The molecule has 0 spiro atoms. The molecule has 0 saturated carbocycles. The molecule has 0 aliphatic rings. The van der Waals surface area contributed by atoms with Gasteiger partial charge >= 0.3 is 5.97 Å². The number of esters is 1. The lowest BCUT2D eigenvalue weighted by Gasteiger charge is -2.16. The summed E-state index contributed by atoms with van der Waals surface area (Å²) in [6.07, 6.45) is 3.12.